The molecule has 2 heterocycles. The van der Waals surface area contributed by atoms with Crippen LogP contribution in [0.5, 0.6) is 0 Å². The van der Waals surface area contributed by atoms with E-state index in [2.05, 4.69) is 26.3 Å². The van der Waals surface area contributed by atoms with Gasteiger partial charge in [0.25, 0.3) is 5.69 Å². The number of rotatable bonds is 5. The molecule has 2 aromatic rings. The van der Waals surface area contributed by atoms with Crippen molar-refractivity contribution in [1.29, 1.82) is 0 Å². The topological polar surface area (TPSA) is 67.4 Å². The predicted molar refractivity (Wildman–Crippen MR) is 88.5 cm³/mol. The highest BCUT2D eigenvalue weighted by atomic mass is 16.6. The number of aromatic nitrogens is 2. The van der Waals surface area contributed by atoms with Gasteiger partial charge in [-0.1, -0.05) is 12.1 Å². The minimum atomic E-state index is -0.363. The highest BCUT2D eigenvalue weighted by Gasteiger charge is 2.20. The van der Waals surface area contributed by atoms with E-state index < -0.39 is 0 Å². The fraction of sp³-hybridized carbons (Fsp3) is 0.438. The van der Waals surface area contributed by atoms with Crippen LogP contribution in [0, 0.1) is 10.1 Å². The lowest BCUT2D eigenvalue weighted by Crippen LogP contribution is -2.46. The van der Waals surface area contributed by atoms with Gasteiger partial charge in [-0.2, -0.15) is 0 Å². The summed E-state index contributed by atoms with van der Waals surface area (Å²) in [5.41, 5.74) is 1.25. The van der Waals surface area contributed by atoms with Gasteiger partial charge in [0.2, 0.25) is 5.95 Å². The molecule has 1 aromatic carbocycles. The maximum Gasteiger partial charge on any atom is 0.269 e. The predicted octanol–water partition coefficient (Wildman–Crippen LogP) is 2.13. The number of non-ortho nitro benzene ring substituents is 1. The van der Waals surface area contributed by atoms with Crippen LogP contribution in [-0.2, 0) is 13.1 Å². The van der Waals surface area contributed by atoms with Crippen molar-refractivity contribution in [2.45, 2.75) is 20.0 Å². The van der Waals surface area contributed by atoms with Crippen LogP contribution < -0.4 is 4.90 Å². The molecule has 0 atom stereocenters. The molecular formula is C16H21N5O2. The summed E-state index contributed by atoms with van der Waals surface area (Å²) in [5, 5.41) is 10.7. The molecule has 7 nitrogen and oxygen atoms in total. The van der Waals surface area contributed by atoms with Gasteiger partial charge in [-0.25, -0.2) is 4.98 Å². The Balaban J connectivity index is 1.56. The van der Waals surface area contributed by atoms with E-state index in [1.807, 2.05) is 24.5 Å². The van der Waals surface area contributed by atoms with E-state index in [0.717, 1.165) is 50.8 Å². The van der Waals surface area contributed by atoms with Crippen LogP contribution >= 0.6 is 0 Å². The van der Waals surface area contributed by atoms with Gasteiger partial charge in [0.15, 0.2) is 0 Å². The lowest BCUT2D eigenvalue weighted by Gasteiger charge is -2.35. The highest BCUT2D eigenvalue weighted by Crippen LogP contribution is 2.17. The highest BCUT2D eigenvalue weighted by molar-refractivity contribution is 5.34. The van der Waals surface area contributed by atoms with Gasteiger partial charge in [0, 0.05) is 63.8 Å². The van der Waals surface area contributed by atoms with Gasteiger partial charge in [-0.05, 0) is 12.5 Å². The third-order valence-corrected chi connectivity index (χ3v) is 4.24. The summed E-state index contributed by atoms with van der Waals surface area (Å²) < 4.78 is 2.16. The SMILES string of the molecule is CCn1ccnc1N1CCN(Cc2ccc([N+](=O)[O-])cc2)CC1. The first kappa shape index (κ1) is 15.5. The molecule has 1 aromatic heterocycles. The first-order valence-electron chi connectivity index (χ1n) is 7.89. The number of hydrogen-bond acceptors (Lipinski definition) is 5. The van der Waals surface area contributed by atoms with Gasteiger partial charge in [0.1, 0.15) is 0 Å². The molecule has 0 radical (unpaired) electrons. The molecule has 3 rings (SSSR count). The normalized spacial score (nSPS) is 15.8. The summed E-state index contributed by atoms with van der Waals surface area (Å²) in [6, 6.07) is 6.83. The van der Waals surface area contributed by atoms with E-state index in [1.54, 1.807) is 12.1 Å². The molecule has 0 saturated carbocycles. The lowest BCUT2D eigenvalue weighted by atomic mass is 10.2. The molecule has 1 saturated heterocycles. The Hall–Kier alpha value is -2.41. The molecule has 122 valence electrons. The van der Waals surface area contributed by atoms with Crippen LogP contribution in [0.2, 0.25) is 0 Å². The average molecular weight is 315 g/mol. The van der Waals surface area contributed by atoms with Crippen molar-refractivity contribution < 1.29 is 4.92 Å². The Morgan fingerprint density at radius 2 is 1.87 bits per heavy atom. The third-order valence-electron chi connectivity index (χ3n) is 4.24. The second-order valence-electron chi connectivity index (χ2n) is 5.70. The van der Waals surface area contributed by atoms with Crippen molar-refractivity contribution in [3.63, 3.8) is 0 Å². The number of nitro benzene ring substituents is 1. The van der Waals surface area contributed by atoms with E-state index >= 15 is 0 Å². The number of anilines is 1. The van der Waals surface area contributed by atoms with Crippen molar-refractivity contribution in [3.8, 4) is 0 Å². The standard InChI is InChI=1S/C16H21N5O2/c1-2-19-8-7-17-16(19)20-11-9-18(10-12-20)13-14-3-5-15(6-4-14)21(22)23/h3-8H,2,9-13H2,1H3. The summed E-state index contributed by atoms with van der Waals surface area (Å²) in [6.07, 6.45) is 3.86. The summed E-state index contributed by atoms with van der Waals surface area (Å²) in [7, 11) is 0. The number of piperazine rings is 1. The number of aryl methyl sites for hydroxylation is 1. The van der Waals surface area contributed by atoms with E-state index in [-0.39, 0.29) is 10.6 Å². The van der Waals surface area contributed by atoms with Crippen molar-refractivity contribution in [2.24, 2.45) is 0 Å². The van der Waals surface area contributed by atoms with Crippen LogP contribution in [0.25, 0.3) is 0 Å². The van der Waals surface area contributed by atoms with Gasteiger partial charge >= 0.3 is 0 Å². The van der Waals surface area contributed by atoms with E-state index in [9.17, 15) is 10.1 Å². The van der Waals surface area contributed by atoms with Gasteiger partial charge < -0.3 is 9.47 Å². The molecule has 1 aliphatic rings. The Morgan fingerprint density at radius 1 is 1.17 bits per heavy atom. The summed E-state index contributed by atoms with van der Waals surface area (Å²) >= 11 is 0. The van der Waals surface area contributed by atoms with Crippen molar-refractivity contribution in [3.05, 3.63) is 52.3 Å². The van der Waals surface area contributed by atoms with E-state index in [1.165, 1.54) is 0 Å². The Labute approximate surface area is 135 Å². The van der Waals surface area contributed by atoms with Crippen molar-refractivity contribution in [2.75, 3.05) is 31.1 Å². The van der Waals surface area contributed by atoms with Crippen molar-refractivity contribution in [1.82, 2.24) is 14.5 Å². The quantitative estimate of drug-likeness (QED) is 0.624. The molecular weight excluding hydrogens is 294 g/mol. The molecule has 0 N–H and O–H groups in total. The Morgan fingerprint density at radius 3 is 2.48 bits per heavy atom. The molecule has 1 aliphatic heterocycles. The second kappa shape index (κ2) is 6.78. The molecule has 7 heteroatoms. The summed E-state index contributed by atoms with van der Waals surface area (Å²) in [4.78, 5) is 19.5. The number of imidazole rings is 1. The monoisotopic (exact) mass is 315 g/mol. The first-order valence-corrected chi connectivity index (χ1v) is 7.89. The first-order chi connectivity index (χ1) is 11.2. The molecule has 0 bridgehead atoms. The fourth-order valence-corrected chi connectivity index (χ4v) is 2.92. The smallest absolute Gasteiger partial charge is 0.269 e. The van der Waals surface area contributed by atoms with Crippen LogP contribution in [0.3, 0.4) is 0 Å². The summed E-state index contributed by atoms with van der Waals surface area (Å²) in [6.45, 7) is 7.71. The molecule has 0 amide bonds. The minimum Gasteiger partial charge on any atom is -0.340 e. The average Bonchev–Trinajstić information content (AvgIpc) is 3.05. The molecule has 0 unspecified atom stereocenters. The van der Waals surface area contributed by atoms with Gasteiger partial charge in [0.05, 0.1) is 4.92 Å². The Kier molecular flexibility index (Phi) is 4.57. The van der Waals surface area contributed by atoms with Crippen LogP contribution in [-0.4, -0.2) is 45.6 Å². The lowest BCUT2D eigenvalue weighted by molar-refractivity contribution is -0.384. The third kappa shape index (κ3) is 3.50. The van der Waals surface area contributed by atoms with E-state index in [4.69, 9.17) is 0 Å². The second-order valence-corrected chi connectivity index (χ2v) is 5.70. The largest absolute Gasteiger partial charge is 0.340 e. The zero-order valence-electron chi connectivity index (χ0n) is 13.3. The van der Waals surface area contributed by atoms with Gasteiger partial charge in [-0.3, -0.25) is 15.0 Å². The minimum absolute atomic E-state index is 0.143. The van der Waals surface area contributed by atoms with Gasteiger partial charge in [-0.15, -0.1) is 0 Å². The zero-order valence-corrected chi connectivity index (χ0v) is 13.3. The van der Waals surface area contributed by atoms with Crippen LogP contribution in [0.1, 0.15) is 12.5 Å². The molecule has 0 spiro atoms. The van der Waals surface area contributed by atoms with Crippen LogP contribution in [0.4, 0.5) is 11.6 Å². The number of nitro groups is 1. The maximum atomic E-state index is 10.7. The number of nitrogens with zero attached hydrogens (tertiary/aromatic N) is 5. The summed E-state index contributed by atoms with van der Waals surface area (Å²) in [5.74, 6) is 1.04. The number of benzene rings is 1. The molecule has 1 fully saturated rings. The zero-order chi connectivity index (χ0) is 16.2. The molecule has 0 aliphatic carbocycles. The maximum absolute atomic E-state index is 10.7. The Bertz CT molecular complexity index is 659. The fourth-order valence-electron chi connectivity index (χ4n) is 2.92. The molecule has 23 heavy (non-hydrogen) atoms. The van der Waals surface area contributed by atoms with E-state index in [0.29, 0.717) is 0 Å². The number of hydrogen-bond donors (Lipinski definition) is 0. The van der Waals surface area contributed by atoms with Crippen molar-refractivity contribution >= 4 is 11.6 Å². The van der Waals surface area contributed by atoms with Crippen LogP contribution in [0.15, 0.2) is 36.7 Å².